The maximum absolute atomic E-state index is 10.7. The molecule has 0 fully saturated rings. The number of hydrogen-bond acceptors (Lipinski definition) is 4. The molecule has 2 N–H and O–H groups in total. The highest BCUT2D eigenvalue weighted by Crippen LogP contribution is 1.89. The predicted molar refractivity (Wildman–Crippen MR) is 37.9 cm³/mol. The van der Waals surface area contributed by atoms with E-state index in [1.54, 1.807) is 0 Å². The fourth-order valence-corrected chi connectivity index (χ4v) is 0.468. The van der Waals surface area contributed by atoms with E-state index in [1.807, 2.05) is 0 Å². The van der Waals surface area contributed by atoms with Crippen molar-refractivity contribution in [2.45, 2.75) is 0 Å². The van der Waals surface area contributed by atoms with Crippen LogP contribution in [0.5, 0.6) is 0 Å². The average Bonchev–Trinajstić information content (AvgIpc) is 2.06. The van der Waals surface area contributed by atoms with E-state index in [0.29, 0.717) is 0 Å². The molecule has 0 saturated heterocycles. The van der Waals surface area contributed by atoms with E-state index in [9.17, 15) is 4.79 Å². The summed E-state index contributed by atoms with van der Waals surface area (Å²) in [5.74, 6) is 0.236. The molecule has 0 atom stereocenters. The number of urea groups is 1. The number of carbonyl (C=O) groups excluding carboxylic acids is 1. The summed E-state index contributed by atoms with van der Waals surface area (Å²) < 4.78 is 0. The molecule has 1 aromatic rings. The average molecular weight is 153 g/mol. The Hall–Kier alpha value is -1.72. The Labute approximate surface area is 63.1 Å². The van der Waals surface area contributed by atoms with Crippen molar-refractivity contribution >= 4 is 12.0 Å². The van der Waals surface area contributed by atoms with Gasteiger partial charge in [0.05, 0.1) is 0 Å². The second-order valence-corrected chi connectivity index (χ2v) is 1.67. The van der Waals surface area contributed by atoms with Gasteiger partial charge >= 0.3 is 6.03 Å². The summed E-state index contributed by atoms with van der Waals surface area (Å²) in [6, 6.07) is -0.351. The van der Waals surface area contributed by atoms with Crippen LogP contribution >= 0.6 is 0 Å². The zero-order chi connectivity index (χ0) is 8.10. The molecule has 0 aliphatic heterocycles. The Balaban J connectivity index is 2.58. The van der Waals surface area contributed by atoms with Crippen molar-refractivity contribution in [2.24, 2.45) is 0 Å². The van der Waals surface area contributed by atoms with E-state index in [4.69, 9.17) is 0 Å². The number of hydrogen-bond donors (Lipinski definition) is 2. The van der Waals surface area contributed by atoms with Gasteiger partial charge in [0.1, 0.15) is 12.7 Å². The first kappa shape index (κ1) is 7.39. The van der Waals surface area contributed by atoms with E-state index in [-0.39, 0.29) is 12.0 Å². The highest BCUT2D eigenvalue weighted by molar-refractivity contribution is 5.86. The van der Waals surface area contributed by atoms with Crippen molar-refractivity contribution < 1.29 is 4.79 Å². The summed E-state index contributed by atoms with van der Waals surface area (Å²) in [5.41, 5.74) is 0. The Morgan fingerprint density at radius 3 is 2.64 bits per heavy atom. The normalized spacial score (nSPS) is 8.82. The predicted octanol–water partition coefficient (Wildman–Crippen LogP) is -0.377. The van der Waals surface area contributed by atoms with Crippen molar-refractivity contribution in [3.63, 3.8) is 0 Å². The third-order valence-corrected chi connectivity index (χ3v) is 0.946. The van der Waals surface area contributed by atoms with Crippen molar-refractivity contribution in [2.75, 3.05) is 12.4 Å². The molecule has 0 aliphatic rings. The zero-order valence-corrected chi connectivity index (χ0v) is 5.90. The van der Waals surface area contributed by atoms with E-state index in [1.165, 1.54) is 19.7 Å². The van der Waals surface area contributed by atoms with Crippen LogP contribution in [-0.4, -0.2) is 28.0 Å². The first-order valence-electron chi connectivity index (χ1n) is 2.93. The molecule has 11 heavy (non-hydrogen) atoms. The van der Waals surface area contributed by atoms with Gasteiger partial charge in [-0.15, -0.1) is 0 Å². The van der Waals surface area contributed by atoms with Crippen molar-refractivity contribution in [3.8, 4) is 0 Å². The minimum atomic E-state index is -0.351. The lowest BCUT2D eigenvalue weighted by atomic mass is 10.8. The first-order valence-corrected chi connectivity index (χ1v) is 2.93. The van der Waals surface area contributed by atoms with E-state index < -0.39 is 0 Å². The molecule has 0 bridgehead atoms. The van der Waals surface area contributed by atoms with Crippen LogP contribution in [0.4, 0.5) is 10.7 Å². The minimum absolute atomic E-state index is 0.236. The Morgan fingerprint density at radius 1 is 1.45 bits per heavy atom. The van der Waals surface area contributed by atoms with Gasteiger partial charge in [-0.3, -0.25) is 5.32 Å². The van der Waals surface area contributed by atoms with E-state index in [0.717, 1.165) is 0 Å². The highest BCUT2D eigenvalue weighted by atomic mass is 16.2. The lowest BCUT2D eigenvalue weighted by Gasteiger charge is -1.99. The Morgan fingerprint density at radius 2 is 2.09 bits per heavy atom. The van der Waals surface area contributed by atoms with Crippen molar-refractivity contribution in [1.82, 2.24) is 20.3 Å². The monoisotopic (exact) mass is 153 g/mol. The van der Waals surface area contributed by atoms with Gasteiger partial charge in [-0.1, -0.05) is 0 Å². The topological polar surface area (TPSA) is 79.8 Å². The maximum atomic E-state index is 10.7. The molecule has 0 aliphatic carbocycles. The minimum Gasteiger partial charge on any atom is -0.341 e. The molecule has 0 radical (unpaired) electrons. The van der Waals surface area contributed by atoms with E-state index in [2.05, 4.69) is 25.6 Å². The van der Waals surface area contributed by atoms with Crippen molar-refractivity contribution in [3.05, 3.63) is 12.7 Å². The molecule has 58 valence electrons. The van der Waals surface area contributed by atoms with Crippen LogP contribution in [-0.2, 0) is 0 Å². The SMILES string of the molecule is CNC(=O)Nc1ncncn1. The molecular formula is C5H7N5O. The molecule has 0 spiro atoms. The summed E-state index contributed by atoms with van der Waals surface area (Å²) in [6.45, 7) is 0. The lowest BCUT2D eigenvalue weighted by molar-refractivity contribution is 0.254. The Kier molecular flexibility index (Phi) is 2.32. The summed E-state index contributed by atoms with van der Waals surface area (Å²) in [7, 11) is 1.51. The third-order valence-electron chi connectivity index (χ3n) is 0.946. The molecule has 1 rings (SSSR count). The number of rotatable bonds is 1. The van der Waals surface area contributed by atoms with Gasteiger partial charge < -0.3 is 5.32 Å². The molecule has 6 heteroatoms. The third kappa shape index (κ3) is 2.17. The van der Waals surface area contributed by atoms with Crippen molar-refractivity contribution in [1.29, 1.82) is 0 Å². The first-order chi connectivity index (χ1) is 5.33. The van der Waals surface area contributed by atoms with Crippen LogP contribution in [0.15, 0.2) is 12.7 Å². The molecule has 6 nitrogen and oxygen atoms in total. The summed E-state index contributed by atoms with van der Waals surface area (Å²) in [6.07, 6.45) is 2.61. The van der Waals surface area contributed by atoms with E-state index >= 15 is 0 Å². The molecular weight excluding hydrogens is 146 g/mol. The zero-order valence-electron chi connectivity index (χ0n) is 5.90. The standard InChI is InChI=1S/C5H7N5O/c1-6-5(11)10-4-8-2-7-3-9-4/h2-3H,1H3,(H2,6,7,8,9,10,11). The largest absolute Gasteiger partial charge is 0.341 e. The van der Waals surface area contributed by atoms with Gasteiger partial charge in [-0.25, -0.2) is 19.7 Å². The van der Waals surface area contributed by atoms with Crippen LogP contribution in [0, 0.1) is 0 Å². The molecule has 0 unspecified atom stereocenters. The number of anilines is 1. The molecule has 0 saturated carbocycles. The fourth-order valence-electron chi connectivity index (χ4n) is 0.468. The number of amides is 2. The van der Waals surface area contributed by atoms with Crippen LogP contribution < -0.4 is 10.6 Å². The van der Waals surface area contributed by atoms with Crippen LogP contribution in [0.2, 0.25) is 0 Å². The second kappa shape index (κ2) is 3.45. The number of carbonyl (C=O) groups is 1. The maximum Gasteiger partial charge on any atom is 0.321 e. The highest BCUT2D eigenvalue weighted by Gasteiger charge is 1.97. The number of aromatic nitrogens is 3. The van der Waals surface area contributed by atoms with Crippen LogP contribution in [0.3, 0.4) is 0 Å². The molecule has 1 aromatic heterocycles. The fraction of sp³-hybridized carbons (Fsp3) is 0.200. The second-order valence-electron chi connectivity index (χ2n) is 1.67. The lowest BCUT2D eigenvalue weighted by Crippen LogP contribution is -2.25. The Bertz CT molecular complexity index is 236. The van der Waals surface area contributed by atoms with Gasteiger partial charge in [-0.2, -0.15) is 0 Å². The molecule has 2 amide bonds. The quantitative estimate of drug-likeness (QED) is 0.576. The van der Waals surface area contributed by atoms with Gasteiger partial charge in [0.25, 0.3) is 0 Å². The van der Waals surface area contributed by atoms with Gasteiger partial charge in [-0.05, 0) is 0 Å². The van der Waals surface area contributed by atoms with Gasteiger partial charge in [0, 0.05) is 7.05 Å². The number of nitrogens with zero attached hydrogens (tertiary/aromatic N) is 3. The van der Waals surface area contributed by atoms with Crippen LogP contribution in [0.25, 0.3) is 0 Å². The summed E-state index contributed by atoms with van der Waals surface area (Å²) in [5, 5.41) is 4.74. The smallest absolute Gasteiger partial charge is 0.321 e. The van der Waals surface area contributed by atoms with Gasteiger partial charge in [0.2, 0.25) is 5.95 Å². The number of nitrogens with one attached hydrogen (secondary N) is 2. The molecule has 0 aromatic carbocycles. The molecule has 1 heterocycles. The van der Waals surface area contributed by atoms with Crippen LogP contribution in [0.1, 0.15) is 0 Å². The van der Waals surface area contributed by atoms with Gasteiger partial charge in [0.15, 0.2) is 0 Å². The summed E-state index contributed by atoms with van der Waals surface area (Å²) >= 11 is 0. The summed E-state index contributed by atoms with van der Waals surface area (Å²) in [4.78, 5) is 21.6.